The van der Waals surface area contributed by atoms with Gasteiger partial charge in [-0.1, -0.05) is 171 Å². The molecule has 0 saturated heterocycles. The van der Waals surface area contributed by atoms with Crippen molar-refractivity contribution in [1.82, 2.24) is 0 Å². The number of anilines is 5. The molecule has 8 aromatic carbocycles. The molecule has 0 bridgehead atoms. The zero-order valence-electron chi connectivity index (χ0n) is 36.2. The molecule has 0 saturated carbocycles. The smallest absolute Gasteiger partial charge is 0.0881 e. The molecule has 9 rings (SSSR count). The minimum Gasteiger partial charge on any atom is -0.354 e. The average Bonchev–Trinajstić information content (AvgIpc) is 3.64. The van der Waals surface area contributed by atoms with E-state index >= 15 is 0 Å². The van der Waals surface area contributed by atoms with E-state index in [9.17, 15) is 0 Å². The van der Waals surface area contributed by atoms with Crippen molar-refractivity contribution in [2.45, 2.75) is 78.6 Å². The van der Waals surface area contributed by atoms with Gasteiger partial charge in [-0.05, 0) is 119 Å². The summed E-state index contributed by atoms with van der Waals surface area (Å²) in [4.78, 5) is 2.42. The van der Waals surface area contributed by atoms with Crippen molar-refractivity contribution in [2.24, 2.45) is 0 Å². The van der Waals surface area contributed by atoms with Crippen LogP contribution in [0.25, 0.3) is 53.5 Å². The Bertz CT molecular complexity index is 3060. The van der Waals surface area contributed by atoms with Gasteiger partial charge < -0.3 is 10.2 Å². The first-order valence-corrected chi connectivity index (χ1v) is 22.3. The Morgan fingerprint density at radius 3 is 1.67 bits per heavy atom. The molecule has 0 spiro atoms. The Labute approximate surface area is 364 Å². The van der Waals surface area contributed by atoms with Crippen LogP contribution < -0.4 is 10.2 Å². The van der Waals surface area contributed by atoms with Gasteiger partial charge in [0.1, 0.15) is 0 Å². The monoisotopic (exact) mass is 820 g/mol. The third-order valence-corrected chi connectivity index (χ3v) is 13.4. The summed E-state index contributed by atoms with van der Waals surface area (Å²) >= 11 is 9.52. The van der Waals surface area contributed by atoms with E-state index in [0.717, 1.165) is 39.6 Å². The van der Waals surface area contributed by atoms with E-state index < -0.39 is 0 Å². The molecular formula is C56H53ClN2S. The second-order valence-electron chi connectivity index (χ2n) is 19.3. The second-order valence-corrected chi connectivity index (χ2v) is 20.6. The molecule has 0 radical (unpaired) electrons. The Morgan fingerprint density at radius 2 is 1.02 bits per heavy atom. The largest absolute Gasteiger partial charge is 0.354 e. The molecule has 0 aliphatic heterocycles. The van der Waals surface area contributed by atoms with Crippen molar-refractivity contribution in [3.05, 3.63) is 173 Å². The molecule has 0 unspecified atom stereocenters. The predicted octanol–water partition coefficient (Wildman–Crippen LogP) is 17.8. The summed E-state index contributed by atoms with van der Waals surface area (Å²) in [5.74, 6) is 0. The maximum Gasteiger partial charge on any atom is 0.0881 e. The first-order chi connectivity index (χ1) is 28.6. The maximum atomic E-state index is 7.74. The third kappa shape index (κ3) is 7.12. The molecule has 0 aliphatic carbocycles. The Balaban J connectivity index is 1.33. The van der Waals surface area contributed by atoms with Gasteiger partial charge in [0.05, 0.1) is 27.8 Å². The molecular weight excluding hydrogens is 768 g/mol. The van der Waals surface area contributed by atoms with Crippen LogP contribution in [0.15, 0.2) is 151 Å². The molecule has 0 aliphatic rings. The zero-order valence-corrected chi connectivity index (χ0v) is 37.7. The van der Waals surface area contributed by atoms with Crippen LogP contribution in [-0.2, 0) is 16.2 Å². The summed E-state index contributed by atoms with van der Waals surface area (Å²) in [6, 6.07) is 53.6. The molecule has 4 heteroatoms. The zero-order chi connectivity index (χ0) is 42.1. The number of hydrogen-bond donors (Lipinski definition) is 1. The number of nitrogens with zero attached hydrogens (tertiary/aromatic N) is 1. The lowest BCUT2D eigenvalue weighted by Gasteiger charge is -2.31. The second kappa shape index (κ2) is 14.8. The van der Waals surface area contributed by atoms with Crippen molar-refractivity contribution in [1.29, 1.82) is 0 Å². The summed E-state index contributed by atoms with van der Waals surface area (Å²) in [7, 11) is 0. The van der Waals surface area contributed by atoms with Gasteiger partial charge >= 0.3 is 0 Å². The molecule has 0 atom stereocenters. The first kappa shape index (κ1) is 39.8. The molecule has 300 valence electrons. The highest BCUT2D eigenvalue weighted by Gasteiger charge is 2.27. The fourth-order valence-electron chi connectivity index (χ4n) is 8.73. The van der Waals surface area contributed by atoms with Gasteiger partial charge in [0, 0.05) is 26.7 Å². The SMILES string of the molecule is CC(C)(C)c1ccc(N(c2cccc(Nc3ccccc3C(C)(C)C)c2Cl)c2csc3ccc(C(C)(C)C)cc23)c(-c2ccc3c4ccccc4c4ccccc4c3c2)c1. The quantitative estimate of drug-likeness (QED) is 0.168. The lowest BCUT2D eigenvalue weighted by Crippen LogP contribution is -2.16. The molecule has 60 heavy (non-hydrogen) atoms. The van der Waals surface area contributed by atoms with E-state index in [1.165, 1.54) is 59.1 Å². The van der Waals surface area contributed by atoms with Gasteiger partial charge in [0.2, 0.25) is 0 Å². The fraction of sp³-hybridized carbons (Fsp3) is 0.214. The fourth-order valence-corrected chi connectivity index (χ4v) is 9.89. The summed E-state index contributed by atoms with van der Waals surface area (Å²) in [6.07, 6.45) is 0. The van der Waals surface area contributed by atoms with E-state index in [-0.39, 0.29) is 16.2 Å². The highest BCUT2D eigenvalue weighted by atomic mass is 35.5. The molecule has 9 aromatic rings. The van der Waals surface area contributed by atoms with Crippen LogP contribution in [0.2, 0.25) is 5.02 Å². The van der Waals surface area contributed by atoms with E-state index in [2.05, 4.69) is 224 Å². The van der Waals surface area contributed by atoms with Crippen LogP contribution in [0.3, 0.4) is 0 Å². The number of halogens is 1. The molecule has 1 aromatic heterocycles. The lowest BCUT2D eigenvalue weighted by atomic mass is 9.84. The third-order valence-electron chi connectivity index (χ3n) is 12.0. The van der Waals surface area contributed by atoms with Crippen LogP contribution in [0.1, 0.15) is 79.0 Å². The van der Waals surface area contributed by atoms with Crippen LogP contribution in [0.5, 0.6) is 0 Å². The topological polar surface area (TPSA) is 15.3 Å². The summed E-state index contributed by atoms with van der Waals surface area (Å²) in [6.45, 7) is 20.5. The van der Waals surface area contributed by atoms with Gasteiger partial charge in [-0.25, -0.2) is 0 Å². The van der Waals surface area contributed by atoms with Gasteiger partial charge in [0.25, 0.3) is 0 Å². The predicted molar refractivity (Wildman–Crippen MR) is 265 cm³/mol. The lowest BCUT2D eigenvalue weighted by molar-refractivity contribution is 0.590. The molecule has 0 amide bonds. The minimum absolute atomic E-state index is 0.0162. The van der Waals surface area contributed by atoms with Gasteiger partial charge in [-0.3, -0.25) is 0 Å². The maximum absolute atomic E-state index is 7.74. The average molecular weight is 822 g/mol. The van der Waals surface area contributed by atoms with Crippen LogP contribution >= 0.6 is 22.9 Å². The number of fused-ring (bicyclic) bond motifs is 7. The number of nitrogens with one attached hydrogen (secondary N) is 1. The van der Waals surface area contributed by atoms with Gasteiger partial charge in [-0.2, -0.15) is 0 Å². The van der Waals surface area contributed by atoms with Gasteiger partial charge in [0.15, 0.2) is 0 Å². The van der Waals surface area contributed by atoms with Gasteiger partial charge in [-0.15, -0.1) is 11.3 Å². The summed E-state index contributed by atoms with van der Waals surface area (Å²) < 4.78 is 1.24. The van der Waals surface area contributed by atoms with E-state index in [4.69, 9.17) is 11.6 Å². The number of benzene rings is 8. The van der Waals surface area contributed by atoms with Crippen molar-refractivity contribution in [3.8, 4) is 11.1 Å². The highest BCUT2D eigenvalue weighted by Crippen LogP contribution is 2.51. The Morgan fingerprint density at radius 1 is 0.450 bits per heavy atom. The summed E-state index contributed by atoms with van der Waals surface area (Å²) in [5, 5.41) is 15.5. The number of para-hydroxylation sites is 1. The van der Waals surface area contributed by atoms with Crippen molar-refractivity contribution in [2.75, 3.05) is 10.2 Å². The van der Waals surface area contributed by atoms with Crippen molar-refractivity contribution < 1.29 is 0 Å². The molecule has 2 nitrogen and oxygen atoms in total. The Kier molecular flexibility index (Phi) is 9.85. The van der Waals surface area contributed by atoms with Crippen LogP contribution in [0, 0.1) is 0 Å². The summed E-state index contributed by atoms with van der Waals surface area (Å²) in [5.41, 5.74) is 11.0. The first-order valence-electron chi connectivity index (χ1n) is 21.0. The highest BCUT2D eigenvalue weighted by molar-refractivity contribution is 7.17. The van der Waals surface area contributed by atoms with E-state index in [0.29, 0.717) is 5.02 Å². The van der Waals surface area contributed by atoms with Crippen LogP contribution in [0.4, 0.5) is 28.4 Å². The number of thiophene rings is 1. The standard InChI is InChI=1S/C56H53ClN2S/c1-54(2,3)36-26-29-49(43(32-36)35-25-28-42-40-19-11-10-17-38(40)39-18-12-13-20-41(39)44(42)31-35)59(51-34-60-52-30-27-37(33-45(51)52)55(4,5)6)50-24-16-23-48(53(50)57)58-47-22-15-14-21-46(47)56(7,8)9/h10-34,58H,1-9H3. The minimum atomic E-state index is -0.0729. The molecule has 0 fully saturated rings. The Hall–Kier alpha value is -5.61. The van der Waals surface area contributed by atoms with Crippen LogP contribution in [-0.4, -0.2) is 0 Å². The van der Waals surface area contributed by atoms with Crippen molar-refractivity contribution in [3.63, 3.8) is 0 Å². The van der Waals surface area contributed by atoms with E-state index in [1.54, 1.807) is 11.3 Å². The van der Waals surface area contributed by atoms with Crippen molar-refractivity contribution >= 4 is 93.8 Å². The number of rotatable bonds is 6. The normalized spacial score (nSPS) is 12.5. The molecule has 1 N–H and O–H groups in total. The number of hydrogen-bond acceptors (Lipinski definition) is 3. The van der Waals surface area contributed by atoms with E-state index in [1.807, 2.05) is 0 Å². The molecule has 1 heterocycles.